The summed E-state index contributed by atoms with van der Waals surface area (Å²) in [5.41, 5.74) is 0. The zero-order valence-corrected chi connectivity index (χ0v) is 16.9. The van der Waals surface area contributed by atoms with Crippen molar-refractivity contribution in [1.82, 2.24) is 14.9 Å². The third-order valence-corrected chi connectivity index (χ3v) is 6.71. The van der Waals surface area contributed by atoms with Crippen LogP contribution < -0.4 is 10.6 Å². The van der Waals surface area contributed by atoms with E-state index in [9.17, 15) is 18.0 Å². The molecule has 1 saturated heterocycles. The van der Waals surface area contributed by atoms with Gasteiger partial charge in [-0.1, -0.05) is 20.8 Å². The maximum Gasteiger partial charge on any atom is 0.287 e. The van der Waals surface area contributed by atoms with Gasteiger partial charge in [-0.3, -0.25) is 9.59 Å². The van der Waals surface area contributed by atoms with Gasteiger partial charge >= 0.3 is 0 Å². The van der Waals surface area contributed by atoms with Crippen molar-refractivity contribution in [2.45, 2.75) is 52.1 Å². The summed E-state index contributed by atoms with van der Waals surface area (Å²) in [6.45, 7) is 6.35. The molecule has 1 aliphatic heterocycles. The smallest absolute Gasteiger partial charge is 0.287 e. The van der Waals surface area contributed by atoms with Gasteiger partial charge in [0.05, 0.1) is 12.0 Å². The summed E-state index contributed by atoms with van der Waals surface area (Å²) in [7, 11) is -3.20. The van der Waals surface area contributed by atoms with Crippen LogP contribution in [0.4, 0.5) is 0 Å². The van der Waals surface area contributed by atoms with E-state index >= 15 is 0 Å². The highest BCUT2D eigenvalue weighted by Gasteiger charge is 2.31. The van der Waals surface area contributed by atoms with Gasteiger partial charge in [0.1, 0.15) is 6.04 Å². The molecule has 1 fully saturated rings. The van der Waals surface area contributed by atoms with E-state index in [0.717, 1.165) is 0 Å². The predicted octanol–water partition coefficient (Wildman–Crippen LogP) is 1.35. The normalized spacial score (nSPS) is 17.6. The Labute approximate surface area is 160 Å². The highest BCUT2D eigenvalue weighted by molar-refractivity contribution is 7.89. The van der Waals surface area contributed by atoms with Gasteiger partial charge < -0.3 is 15.1 Å². The van der Waals surface area contributed by atoms with Gasteiger partial charge in [0.15, 0.2) is 5.76 Å². The average molecular weight is 400 g/mol. The number of nitrogens with zero attached hydrogens (tertiary/aromatic N) is 1. The number of carbonyl (C=O) groups is 2. The van der Waals surface area contributed by atoms with Crippen LogP contribution >= 0.6 is 0 Å². The molecule has 0 bridgehead atoms. The van der Waals surface area contributed by atoms with Crippen LogP contribution in [-0.2, 0) is 14.8 Å². The number of nitrogens with one attached hydrogen (secondary N) is 2. The molecule has 1 atom stereocenters. The van der Waals surface area contributed by atoms with Gasteiger partial charge in [0.2, 0.25) is 15.9 Å². The van der Waals surface area contributed by atoms with Crippen LogP contribution in [0.1, 0.15) is 50.6 Å². The van der Waals surface area contributed by atoms with Crippen molar-refractivity contribution in [1.29, 1.82) is 0 Å². The number of sulfonamides is 1. The van der Waals surface area contributed by atoms with Crippen molar-refractivity contribution in [3.05, 3.63) is 24.2 Å². The Morgan fingerprint density at radius 3 is 2.48 bits per heavy atom. The van der Waals surface area contributed by atoms with Crippen molar-refractivity contribution in [3.8, 4) is 0 Å². The Morgan fingerprint density at radius 1 is 1.30 bits per heavy atom. The topological polar surface area (TPSA) is 109 Å². The molecule has 8 nitrogen and oxygen atoms in total. The van der Waals surface area contributed by atoms with E-state index in [2.05, 4.69) is 10.6 Å². The van der Waals surface area contributed by atoms with E-state index in [-0.39, 0.29) is 29.4 Å². The maximum atomic E-state index is 12.7. The second-order valence-corrected chi connectivity index (χ2v) is 9.26. The fourth-order valence-corrected chi connectivity index (χ4v) is 4.65. The number of rotatable bonds is 8. The molecule has 1 aromatic rings. The SMILES string of the molecule is CCCS(=O)(=O)N1CCC(NC(=O)C(NC(=O)c2ccco2)C(C)C)CC1. The molecule has 0 aliphatic carbocycles. The molecule has 0 aromatic carbocycles. The first-order valence-corrected chi connectivity index (χ1v) is 11.0. The molecule has 2 N–H and O–H groups in total. The highest BCUT2D eigenvalue weighted by Crippen LogP contribution is 2.16. The van der Waals surface area contributed by atoms with Crippen LogP contribution in [0.5, 0.6) is 0 Å². The van der Waals surface area contributed by atoms with E-state index in [1.54, 1.807) is 6.07 Å². The molecule has 27 heavy (non-hydrogen) atoms. The zero-order valence-electron chi connectivity index (χ0n) is 16.1. The Balaban J connectivity index is 1.90. The largest absolute Gasteiger partial charge is 0.459 e. The standard InChI is InChI=1S/C18H29N3O5S/c1-4-12-27(24,25)21-9-7-14(8-10-21)19-18(23)16(13(2)3)20-17(22)15-6-5-11-26-15/h5-6,11,13-14,16H,4,7-10,12H2,1-3H3,(H,19,23)(H,20,22). The summed E-state index contributed by atoms with van der Waals surface area (Å²) in [5.74, 6) is -0.496. The van der Waals surface area contributed by atoms with Crippen molar-refractivity contribution in [2.75, 3.05) is 18.8 Å². The van der Waals surface area contributed by atoms with Gasteiger partial charge in [-0.05, 0) is 37.3 Å². The summed E-state index contributed by atoms with van der Waals surface area (Å²) in [6, 6.07) is 2.35. The van der Waals surface area contributed by atoms with Crippen LogP contribution in [0.25, 0.3) is 0 Å². The molecule has 1 aromatic heterocycles. The van der Waals surface area contributed by atoms with Crippen molar-refractivity contribution in [3.63, 3.8) is 0 Å². The lowest BCUT2D eigenvalue weighted by Crippen LogP contribution is -2.54. The van der Waals surface area contributed by atoms with Gasteiger partial charge in [0.25, 0.3) is 5.91 Å². The molecule has 9 heteroatoms. The Bertz CT molecular complexity index is 722. The van der Waals surface area contributed by atoms with Crippen LogP contribution in [0.3, 0.4) is 0 Å². The molecule has 0 radical (unpaired) electrons. The first-order valence-electron chi connectivity index (χ1n) is 9.37. The highest BCUT2D eigenvalue weighted by atomic mass is 32.2. The quantitative estimate of drug-likeness (QED) is 0.686. The van der Waals surface area contributed by atoms with E-state index in [4.69, 9.17) is 4.42 Å². The fraction of sp³-hybridized carbons (Fsp3) is 0.667. The van der Waals surface area contributed by atoms with E-state index in [1.807, 2.05) is 20.8 Å². The van der Waals surface area contributed by atoms with Crippen molar-refractivity contribution < 1.29 is 22.4 Å². The predicted molar refractivity (Wildman–Crippen MR) is 102 cm³/mol. The Hall–Kier alpha value is -1.87. The minimum absolute atomic E-state index is 0.103. The molecule has 0 saturated carbocycles. The van der Waals surface area contributed by atoms with E-state index in [0.29, 0.717) is 32.4 Å². The summed E-state index contributed by atoms with van der Waals surface area (Å²) in [6.07, 6.45) is 3.11. The third kappa shape index (κ3) is 5.80. The van der Waals surface area contributed by atoms with Crippen molar-refractivity contribution in [2.24, 2.45) is 5.92 Å². The number of carbonyl (C=O) groups excluding carboxylic acids is 2. The first kappa shape index (κ1) is 21.4. The molecule has 2 amide bonds. The van der Waals surface area contributed by atoms with Gasteiger partial charge in [0, 0.05) is 19.1 Å². The van der Waals surface area contributed by atoms with Gasteiger partial charge in [-0.2, -0.15) is 0 Å². The van der Waals surface area contributed by atoms with E-state index < -0.39 is 22.0 Å². The number of hydrogen-bond donors (Lipinski definition) is 2. The second kappa shape index (κ2) is 9.36. The van der Waals surface area contributed by atoms with Crippen LogP contribution in [-0.4, -0.2) is 55.5 Å². The molecule has 1 aliphatic rings. The summed E-state index contributed by atoms with van der Waals surface area (Å²) >= 11 is 0. The lowest BCUT2D eigenvalue weighted by atomic mass is 10.0. The molecule has 0 spiro atoms. The lowest BCUT2D eigenvalue weighted by Gasteiger charge is -2.33. The summed E-state index contributed by atoms with van der Waals surface area (Å²) in [4.78, 5) is 24.8. The van der Waals surface area contributed by atoms with Crippen LogP contribution in [0, 0.1) is 5.92 Å². The van der Waals surface area contributed by atoms with E-state index in [1.165, 1.54) is 16.6 Å². The number of piperidine rings is 1. The molecule has 1 unspecified atom stereocenters. The average Bonchev–Trinajstić information content (AvgIpc) is 3.14. The van der Waals surface area contributed by atoms with Gasteiger partial charge in [-0.25, -0.2) is 12.7 Å². The Kier molecular flexibility index (Phi) is 7.43. The number of furan rings is 1. The molecular formula is C18H29N3O5S. The molecule has 2 rings (SSSR count). The Morgan fingerprint density at radius 2 is 1.96 bits per heavy atom. The van der Waals surface area contributed by atoms with Crippen LogP contribution in [0.15, 0.2) is 22.8 Å². The fourth-order valence-electron chi connectivity index (χ4n) is 3.11. The maximum absolute atomic E-state index is 12.7. The second-order valence-electron chi connectivity index (χ2n) is 7.17. The zero-order chi connectivity index (χ0) is 20.0. The summed E-state index contributed by atoms with van der Waals surface area (Å²) in [5, 5.41) is 5.66. The lowest BCUT2D eigenvalue weighted by molar-refractivity contribution is -0.124. The third-order valence-electron chi connectivity index (χ3n) is 4.64. The first-order chi connectivity index (χ1) is 12.7. The minimum atomic E-state index is -3.20. The minimum Gasteiger partial charge on any atom is -0.459 e. The summed E-state index contributed by atoms with van der Waals surface area (Å²) < 4.78 is 30.8. The molecular weight excluding hydrogens is 370 g/mol. The number of hydrogen-bond acceptors (Lipinski definition) is 5. The van der Waals surface area contributed by atoms with Gasteiger partial charge in [-0.15, -0.1) is 0 Å². The van der Waals surface area contributed by atoms with Crippen LogP contribution in [0.2, 0.25) is 0 Å². The van der Waals surface area contributed by atoms with Crippen molar-refractivity contribution >= 4 is 21.8 Å². The monoisotopic (exact) mass is 399 g/mol. The number of amides is 2. The molecule has 152 valence electrons. The molecule has 2 heterocycles.